The van der Waals surface area contributed by atoms with Crippen molar-refractivity contribution < 1.29 is 39.7 Å². The fourth-order valence-corrected chi connectivity index (χ4v) is 4.81. The van der Waals surface area contributed by atoms with Gasteiger partial charge in [0.15, 0.2) is 23.0 Å². The van der Waals surface area contributed by atoms with Crippen LogP contribution in [-0.4, -0.2) is 54.2 Å². The third-order valence-corrected chi connectivity index (χ3v) is 6.19. The van der Waals surface area contributed by atoms with Crippen LogP contribution in [0.25, 0.3) is 0 Å². The number of hydrogen-bond acceptors (Lipinski definition) is 8. The Labute approximate surface area is 197 Å². The number of hydrogen-bond donors (Lipinski definition) is 1. The van der Waals surface area contributed by atoms with E-state index in [0.29, 0.717) is 34.3 Å². The van der Waals surface area contributed by atoms with E-state index in [1.807, 2.05) is 18.2 Å². The third kappa shape index (κ3) is 3.84. The molecule has 2 aromatic rings. The van der Waals surface area contributed by atoms with E-state index in [-0.39, 0.29) is 55.9 Å². The SMILES string of the molecule is C.C.COc1cc([C@@H]2c3cc4c(cc3[C@H](O)C3COC(=O)[C@H]32)OCO4)cc(OC)c1OC.[2HH].[B]. The Morgan fingerprint density at radius 2 is 1.48 bits per heavy atom. The average molecular weight is 460 g/mol. The summed E-state index contributed by atoms with van der Waals surface area (Å²) in [5.74, 6) is 0.989. The summed E-state index contributed by atoms with van der Waals surface area (Å²) in [6.45, 7) is 0.289. The Kier molecular flexibility index (Phi) is 7.80. The second kappa shape index (κ2) is 9.83. The molecule has 33 heavy (non-hydrogen) atoms. The van der Waals surface area contributed by atoms with E-state index in [4.69, 9.17) is 28.4 Å². The van der Waals surface area contributed by atoms with Gasteiger partial charge in [0.25, 0.3) is 0 Å². The fourth-order valence-electron chi connectivity index (χ4n) is 4.81. The molecule has 4 atom stereocenters. The van der Waals surface area contributed by atoms with Crippen LogP contribution >= 0.6 is 0 Å². The molecule has 0 aromatic heterocycles. The normalized spacial score (nSPS) is 23.6. The van der Waals surface area contributed by atoms with E-state index in [1.165, 1.54) is 7.11 Å². The molecule has 1 unspecified atom stereocenters. The zero-order valence-electron chi connectivity index (χ0n) is 17.4. The molecular formula is C24H32BO8. The number of fused-ring (bicyclic) bond motifs is 3. The van der Waals surface area contributed by atoms with Crippen LogP contribution < -0.4 is 23.7 Å². The largest absolute Gasteiger partial charge is 0.493 e. The van der Waals surface area contributed by atoms with Crippen molar-refractivity contribution in [2.75, 3.05) is 34.7 Å². The molecule has 1 aliphatic carbocycles. The molecule has 1 fully saturated rings. The van der Waals surface area contributed by atoms with E-state index in [0.717, 1.165) is 11.1 Å². The Morgan fingerprint density at radius 1 is 0.909 bits per heavy atom. The van der Waals surface area contributed by atoms with Gasteiger partial charge in [-0.25, -0.2) is 0 Å². The number of aliphatic hydroxyl groups is 1. The van der Waals surface area contributed by atoms with Crippen molar-refractivity contribution >= 4 is 14.4 Å². The summed E-state index contributed by atoms with van der Waals surface area (Å²) in [5.41, 5.74) is 2.30. The van der Waals surface area contributed by atoms with E-state index in [2.05, 4.69) is 0 Å². The molecule has 3 radical (unpaired) electrons. The van der Waals surface area contributed by atoms with Gasteiger partial charge in [-0.05, 0) is 41.0 Å². The highest BCUT2D eigenvalue weighted by Crippen LogP contribution is 2.55. The first-order valence-corrected chi connectivity index (χ1v) is 9.65. The predicted molar refractivity (Wildman–Crippen MR) is 125 cm³/mol. The van der Waals surface area contributed by atoms with Crippen LogP contribution in [0.15, 0.2) is 24.3 Å². The van der Waals surface area contributed by atoms with Gasteiger partial charge in [-0.3, -0.25) is 4.79 Å². The van der Waals surface area contributed by atoms with E-state index in [1.54, 1.807) is 20.3 Å². The molecule has 0 amide bonds. The number of cyclic esters (lactones) is 1. The van der Waals surface area contributed by atoms with Crippen LogP contribution in [0, 0.1) is 11.8 Å². The summed E-state index contributed by atoms with van der Waals surface area (Å²) in [4.78, 5) is 12.7. The van der Waals surface area contributed by atoms with Gasteiger partial charge in [0.05, 0.1) is 40.0 Å². The highest BCUT2D eigenvalue weighted by Gasteiger charge is 2.52. The first-order chi connectivity index (χ1) is 14.6. The maximum absolute atomic E-state index is 12.7. The molecule has 2 aromatic carbocycles. The molecule has 2 heterocycles. The number of rotatable bonds is 4. The lowest BCUT2D eigenvalue weighted by atomic mass is 9.66. The number of benzene rings is 2. The van der Waals surface area contributed by atoms with Crippen molar-refractivity contribution in [3.63, 3.8) is 0 Å². The first-order valence-electron chi connectivity index (χ1n) is 9.65. The molecule has 5 rings (SSSR count). The molecule has 8 nitrogen and oxygen atoms in total. The molecular weight excluding hydrogens is 427 g/mol. The minimum absolute atomic E-state index is 0. The smallest absolute Gasteiger partial charge is 0.310 e. The lowest BCUT2D eigenvalue weighted by molar-refractivity contribution is -0.141. The van der Waals surface area contributed by atoms with Crippen LogP contribution in [0.5, 0.6) is 28.7 Å². The molecule has 0 saturated carbocycles. The van der Waals surface area contributed by atoms with Gasteiger partial charge in [-0.1, -0.05) is 14.9 Å². The monoisotopic (exact) mass is 460 g/mol. The minimum atomic E-state index is -0.843. The molecule has 1 saturated heterocycles. The van der Waals surface area contributed by atoms with Crippen molar-refractivity contribution in [2.45, 2.75) is 26.9 Å². The Morgan fingerprint density at radius 3 is 2.03 bits per heavy atom. The predicted octanol–water partition coefficient (Wildman–Crippen LogP) is 3.55. The standard InChI is InChI=1S/C22H22O8.2CH4.B.H2/c1-25-16-4-10(5-17(26-2)21(16)27-3)18-11-6-14-15(30-9-29-14)7-12(11)20(23)13-8-28-22(24)19(13)18;;;;/h4-7,13,18-20,23H,8-9H2,1-3H3;2*1H4;;1H/t13?,18-,19-,20+;;;;/m1..../s1/i;;;;1+1. The maximum atomic E-state index is 12.7. The highest BCUT2D eigenvalue weighted by molar-refractivity contribution is 5.79. The molecule has 9 heteroatoms. The second-order valence-corrected chi connectivity index (χ2v) is 7.54. The number of ether oxygens (including phenoxy) is 6. The lowest BCUT2D eigenvalue weighted by Gasteiger charge is -2.37. The Bertz CT molecular complexity index is 1010. The van der Waals surface area contributed by atoms with E-state index in [9.17, 15) is 9.90 Å². The highest BCUT2D eigenvalue weighted by atomic mass is 16.7. The summed E-state index contributed by atoms with van der Waals surface area (Å²) in [6, 6.07) is 7.31. The number of carbonyl (C=O) groups is 1. The van der Waals surface area contributed by atoms with Gasteiger partial charge in [-0.2, -0.15) is 0 Å². The maximum Gasteiger partial charge on any atom is 0.310 e. The molecule has 2 aliphatic heterocycles. The van der Waals surface area contributed by atoms with Gasteiger partial charge in [0.1, 0.15) is 0 Å². The summed E-state index contributed by atoms with van der Waals surface area (Å²) < 4.78 is 32.9. The molecule has 179 valence electrons. The summed E-state index contributed by atoms with van der Waals surface area (Å²) >= 11 is 0. The van der Waals surface area contributed by atoms with Crippen LogP contribution in [0.3, 0.4) is 0 Å². The minimum Gasteiger partial charge on any atom is -0.493 e. The number of aliphatic hydroxyl groups excluding tert-OH is 1. The van der Waals surface area contributed by atoms with Gasteiger partial charge >= 0.3 is 5.97 Å². The molecule has 1 N–H and O–H groups in total. The van der Waals surface area contributed by atoms with Crippen LogP contribution in [0.1, 0.15) is 45.0 Å². The van der Waals surface area contributed by atoms with E-state index >= 15 is 0 Å². The van der Waals surface area contributed by atoms with Crippen molar-refractivity contribution in [3.8, 4) is 28.7 Å². The van der Waals surface area contributed by atoms with Crippen molar-refractivity contribution in [1.82, 2.24) is 0 Å². The number of methoxy groups -OCH3 is 3. The second-order valence-electron chi connectivity index (χ2n) is 7.54. The lowest BCUT2D eigenvalue weighted by Crippen LogP contribution is -2.34. The van der Waals surface area contributed by atoms with E-state index < -0.39 is 12.0 Å². The van der Waals surface area contributed by atoms with Crippen molar-refractivity contribution in [3.05, 3.63) is 41.0 Å². The Hall–Kier alpha value is -3.07. The zero-order valence-corrected chi connectivity index (χ0v) is 17.4. The summed E-state index contributed by atoms with van der Waals surface area (Å²) in [7, 11) is 4.63. The number of esters is 1. The van der Waals surface area contributed by atoms with Crippen molar-refractivity contribution in [1.29, 1.82) is 0 Å². The van der Waals surface area contributed by atoms with Crippen LogP contribution in [0.2, 0.25) is 0 Å². The zero-order chi connectivity index (χ0) is 21.0. The molecule has 0 bridgehead atoms. The third-order valence-electron chi connectivity index (χ3n) is 6.19. The van der Waals surface area contributed by atoms with Gasteiger partial charge in [0.2, 0.25) is 12.5 Å². The Balaban J connectivity index is 0.00000144. The number of carbonyl (C=O) groups excluding carboxylic acids is 1. The van der Waals surface area contributed by atoms with Crippen LogP contribution in [0.4, 0.5) is 0 Å². The van der Waals surface area contributed by atoms with Gasteiger partial charge in [-0.15, -0.1) is 0 Å². The van der Waals surface area contributed by atoms with Gasteiger partial charge in [0, 0.05) is 21.7 Å². The van der Waals surface area contributed by atoms with Crippen LogP contribution in [-0.2, 0) is 9.53 Å². The quantitative estimate of drug-likeness (QED) is 0.547. The summed E-state index contributed by atoms with van der Waals surface area (Å²) in [5, 5.41) is 11.0. The average Bonchev–Trinajstić information content (AvgIpc) is 3.38. The summed E-state index contributed by atoms with van der Waals surface area (Å²) in [6.07, 6.45) is -0.843. The fraction of sp³-hybridized carbons (Fsp3) is 0.458. The first kappa shape index (κ1) is 26.2. The molecule has 3 aliphatic rings. The topological polar surface area (TPSA) is 92.7 Å². The van der Waals surface area contributed by atoms with Gasteiger partial charge < -0.3 is 33.5 Å². The molecule has 0 spiro atoms. The van der Waals surface area contributed by atoms with Crippen molar-refractivity contribution in [2.24, 2.45) is 11.8 Å².